The van der Waals surface area contributed by atoms with Gasteiger partial charge >= 0.3 is 0 Å². The van der Waals surface area contributed by atoms with Crippen molar-refractivity contribution in [2.75, 3.05) is 0 Å². The van der Waals surface area contributed by atoms with Gasteiger partial charge < -0.3 is 9.53 Å². The minimum absolute atomic E-state index is 0.122. The zero-order chi connectivity index (χ0) is 23.0. The summed E-state index contributed by atoms with van der Waals surface area (Å²) in [5.74, 6) is 0. The van der Waals surface area contributed by atoms with Gasteiger partial charge in [-0.25, -0.2) is 0 Å². The molecule has 1 aliphatic rings. The Morgan fingerprint density at radius 3 is 1.91 bits per heavy atom. The van der Waals surface area contributed by atoms with Crippen LogP contribution in [-0.4, -0.2) is 19.0 Å². The van der Waals surface area contributed by atoms with E-state index >= 15 is 0 Å². The smallest absolute Gasteiger partial charge is 0.261 e. The summed E-state index contributed by atoms with van der Waals surface area (Å²) in [7, 11) is -2.74. The molecule has 166 valence electrons. The molecule has 3 heteroatoms. The highest BCUT2D eigenvalue weighted by Crippen LogP contribution is 2.46. The Kier molecular flexibility index (Phi) is 6.02. The summed E-state index contributed by atoms with van der Waals surface area (Å²) in [6.07, 6.45) is 0.885. The molecule has 1 aliphatic carbocycles. The molecular weight excluding hydrogens is 408 g/mol. The van der Waals surface area contributed by atoms with Gasteiger partial charge in [-0.1, -0.05) is 112 Å². The highest BCUT2D eigenvalue weighted by molar-refractivity contribution is 6.99. The van der Waals surface area contributed by atoms with Crippen molar-refractivity contribution >= 4 is 18.7 Å². The van der Waals surface area contributed by atoms with E-state index < -0.39 is 13.9 Å². The van der Waals surface area contributed by atoms with Gasteiger partial charge in [-0.15, -0.1) is 0 Å². The Balaban J connectivity index is 1.93. The van der Waals surface area contributed by atoms with Crippen molar-refractivity contribution in [3.63, 3.8) is 0 Å². The molecule has 0 aromatic heterocycles. The molecule has 4 rings (SSSR count). The molecule has 0 aliphatic heterocycles. The van der Waals surface area contributed by atoms with E-state index in [9.17, 15) is 5.11 Å². The topological polar surface area (TPSA) is 29.5 Å². The first-order valence-corrected chi connectivity index (χ1v) is 13.3. The van der Waals surface area contributed by atoms with Crippen LogP contribution in [0.5, 0.6) is 0 Å². The lowest BCUT2D eigenvalue weighted by atomic mass is 9.76. The number of benzene rings is 3. The van der Waals surface area contributed by atoms with Crippen molar-refractivity contribution < 1.29 is 9.53 Å². The highest BCUT2D eigenvalue weighted by Gasteiger charge is 2.53. The molecular formula is C29H34O2Si. The van der Waals surface area contributed by atoms with E-state index in [1.54, 1.807) is 0 Å². The first kappa shape index (κ1) is 22.7. The van der Waals surface area contributed by atoms with Crippen molar-refractivity contribution in [3.05, 3.63) is 108 Å². The van der Waals surface area contributed by atoms with E-state index in [0.29, 0.717) is 12.8 Å². The zero-order valence-corrected chi connectivity index (χ0v) is 20.6. The fraction of sp³-hybridized carbons (Fsp3) is 0.310. The predicted octanol–water partition coefficient (Wildman–Crippen LogP) is 5.56. The quantitative estimate of drug-likeness (QED) is 0.414. The standard InChI is InChI=1S/C29H34O2Si/c1-22(2)29(30)20-23-14-12-13-19-26(23)27(21-29)31-32(28(3,4)5,24-15-8-6-9-16-24)25-17-10-7-11-18-25/h6-19,27,30H,1,20-21H2,2-5H3/t27-,29+/m0/s1. The summed E-state index contributed by atoms with van der Waals surface area (Å²) in [4.78, 5) is 0. The zero-order valence-electron chi connectivity index (χ0n) is 19.6. The van der Waals surface area contributed by atoms with Crippen molar-refractivity contribution in [1.82, 2.24) is 0 Å². The van der Waals surface area contributed by atoms with Crippen LogP contribution in [0, 0.1) is 0 Å². The molecule has 2 atom stereocenters. The number of rotatable bonds is 5. The van der Waals surface area contributed by atoms with E-state index in [4.69, 9.17) is 4.43 Å². The lowest BCUT2D eigenvalue weighted by molar-refractivity contribution is 0.0119. The van der Waals surface area contributed by atoms with Crippen LogP contribution in [0.3, 0.4) is 0 Å². The Bertz CT molecular complexity index is 1050. The molecule has 0 saturated heterocycles. The van der Waals surface area contributed by atoms with Gasteiger partial charge in [-0.3, -0.25) is 0 Å². The van der Waals surface area contributed by atoms with Gasteiger partial charge in [0.25, 0.3) is 8.32 Å². The van der Waals surface area contributed by atoms with Gasteiger partial charge in [-0.05, 0) is 39.0 Å². The molecule has 3 aromatic rings. The van der Waals surface area contributed by atoms with Crippen LogP contribution in [0.4, 0.5) is 0 Å². The Morgan fingerprint density at radius 1 is 0.906 bits per heavy atom. The predicted molar refractivity (Wildman–Crippen MR) is 136 cm³/mol. The van der Waals surface area contributed by atoms with Crippen LogP contribution >= 0.6 is 0 Å². The molecule has 0 saturated carbocycles. The third kappa shape index (κ3) is 3.90. The third-order valence-electron chi connectivity index (χ3n) is 6.94. The average Bonchev–Trinajstić information content (AvgIpc) is 2.77. The average molecular weight is 443 g/mol. The summed E-state index contributed by atoms with van der Waals surface area (Å²) < 4.78 is 7.43. The lowest BCUT2D eigenvalue weighted by Gasteiger charge is -2.48. The van der Waals surface area contributed by atoms with Gasteiger partial charge in [0, 0.05) is 12.8 Å². The van der Waals surface area contributed by atoms with Crippen molar-refractivity contribution in [1.29, 1.82) is 0 Å². The highest BCUT2D eigenvalue weighted by atomic mass is 28.4. The second-order valence-corrected chi connectivity index (χ2v) is 14.4. The van der Waals surface area contributed by atoms with Gasteiger partial charge in [0.1, 0.15) is 0 Å². The molecule has 0 fully saturated rings. The Hall–Kier alpha value is -2.46. The normalized spacial score (nSPS) is 21.1. The van der Waals surface area contributed by atoms with Gasteiger partial charge in [0.15, 0.2) is 0 Å². The summed E-state index contributed by atoms with van der Waals surface area (Å²) in [6.45, 7) is 12.9. The van der Waals surface area contributed by atoms with E-state index in [1.165, 1.54) is 15.9 Å². The third-order valence-corrected chi connectivity index (χ3v) is 12.0. The largest absolute Gasteiger partial charge is 0.400 e. The van der Waals surface area contributed by atoms with Gasteiger partial charge in [-0.2, -0.15) is 0 Å². The monoisotopic (exact) mass is 442 g/mol. The molecule has 0 spiro atoms. The van der Waals surface area contributed by atoms with E-state index in [2.05, 4.69) is 106 Å². The molecule has 2 nitrogen and oxygen atoms in total. The van der Waals surface area contributed by atoms with Gasteiger partial charge in [0.2, 0.25) is 0 Å². The summed E-state index contributed by atoms with van der Waals surface area (Å²) in [6, 6.07) is 29.8. The summed E-state index contributed by atoms with van der Waals surface area (Å²) in [5.41, 5.74) is 2.16. The first-order chi connectivity index (χ1) is 15.2. The molecule has 1 N–H and O–H groups in total. The summed E-state index contributed by atoms with van der Waals surface area (Å²) in [5, 5.41) is 13.9. The van der Waals surface area contributed by atoms with Crippen LogP contribution in [0.1, 0.15) is 51.3 Å². The molecule has 0 heterocycles. The Morgan fingerprint density at radius 2 is 1.41 bits per heavy atom. The van der Waals surface area contributed by atoms with Gasteiger partial charge in [0.05, 0.1) is 11.7 Å². The molecule has 0 radical (unpaired) electrons. The molecule has 0 amide bonds. The number of hydrogen-bond acceptors (Lipinski definition) is 2. The van der Waals surface area contributed by atoms with Crippen molar-refractivity contribution in [2.24, 2.45) is 0 Å². The second kappa shape index (κ2) is 8.47. The fourth-order valence-corrected chi connectivity index (χ4v) is 9.80. The minimum Gasteiger partial charge on any atom is -0.400 e. The SMILES string of the molecule is C=C(C)[C@@]1(O)Cc2ccccc2[C@@H](O[Si](c2ccccc2)(c2ccccc2)C(C)(C)C)C1. The van der Waals surface area contributed by atoms with E-state index in [1.807, 2.05) is 13.0 Å². The number of aliphatic hydroxyl groups is 1. The number of fused-ring (bicyclic) bond motifs is 1. The molecule has 0 bridgehead atoms. The van der Waals surface area contributed by atoms with E-state index in [-0.39, 0.29) is 11.1 Å². The maximum atomic E-state index is 11.5. The summed E-state index contributed by atoms with van der Waals surface area (Å²) >= 11 is 0. The maximum absolute atomic E-state index is 11.5. The first-order valence-electron chi connectivity index (χ1n) is 11.4. The van der Waals surface area contributed by atoms with Crippen molar-refractivity contribution in [3.8, 4) is 0 Å². The van der Waals surface area contributed by atoms with Crippen LogP contribution in [0.25, 0.3) is 0 Å². The number of hydrogen-bond donors (Lipinski definition) is 1. The van der Waals surface area contributed by atoms with Crippen LogP contribution < -0.4 is 10.4 Å². The van der Waals surface area contributed by atoms with E-state index in [0.717, 1.165) is 11.1 Å². The molecule has 32 heavy (non-hydrogen) atoms. The second-order valence-electron chi connectivity index (χ2n) is 10.2. The molecule has 0 unspecified atom stereocenters. The van der Waals surface area contributed by atoms with Crippen LogP contribution in [0.2, 0.25) is 5.04 Å². The maximum Gasteiger partial charge on any atom is 0.261 e. The van der Waals surface area contributed by atoms with Crippen LogP contribution in [0.15, 0.2) is 97.1 Å². The fourth-order valence-electron chi connectivity index (χ4n) is 5.15. The Labute approximate surface area is 193 Å². The minimum atomic E-state index is -2.74. The van der Waals surface area contributed by atoms with Crippen molar-refractivity contribution in [2.45, 2.75) is 57.3 Å². The lowest BCUT2D eigenvalue weighted by Crippen LogP contribution is -2.67. The van der Waals surface area contributed by atoms with Crippen LogP contribution in [-0.2, 0) is 10.8 Å². The molecule has 3 aromatic carbocycles.